The first-order valence-corrected chi connectivity index (χ1v) is 10.8. The number of thioether (sulfide) groups is 2. The van der Waals surface area contributed by atoms with Crippen molar-refractivity contribution in [2.75, 3.05) is 25.6 Å². The maximum atomic E-state index is 3.69. The predicted molar refractivity (Wildman–Crippen MR) is 99.9 cm³/mol. The van der Waals surface area contributed by atoms with Crippen LogP contribution < -0.4 is 0 Å². The third-order valence-electron chi connectivity index (χ3n) is 5.43. The van der Waals surface area contributed by atoms with Crippen LogP contribution in [0.5, 0.6) is 0 Å². The summed E-state index contributed by atoms with van der Waals surface area (Å²) in [4.78, 5) is 6.46. The molecule has 0 bridgehead atoms. The van der Waals surface area contributed by atoms with Gasteiger partial charge in [-0.3, -0.25) is 4.90 Å². The zero-order valence-corrected chi connectivity index (χ0v) is 15.0. The Kier molecular flexibility index (Phi) is 4.18. The lowest BCUT2D eigenvalue weighted by Gasteiger charge is -2.34. The number of fused-ring (bicyclic) bond motifs is 5. The first-order chi connectivity index (χ1) is 10.8. The third-order valence-corrected chi connectivity index (χ3v) is 7.93. The van der Waals surface area contributed by atoms with Gasteiger partial charge in [0.05, 0.1) is 4.58 Å². The van der Waals surface area contributed by atoms with Gasteiger partial charge in [-0.15, -0.1) is 23.5 Å². The molecule has 118 valence electrons. The highest BCUT2D eigenvalue weighted by atomic mass is 32.2. The molecule has 0 unspecified atom stereocenters. The van der Waals surface area contributed by atoms with Crippen LogP contribution in [0.25, 0.3) is 10.9 Å². The van der Waals surface area contributed by atoms with Gasteiger partial charge in [-0.05, 0) is 55.9 Å². The summed E-state index contributed by atoms with van der Waals surface area (Å²) in [5, 5.41) is 1.46. The molecular weight excluding hydrogens is 308 g/mol. The quantitative estimate of drug-likeness (QED) is 0.830. The predicted octanol–water partition coefficient (Wildman–Crippen LogP) is 4.53. The Morgan fingerprint density at radius 2 is 2.05 bits per heavy atom. The molecule has 1 aliphatic carbocycles. The Hall–Kier alpha value is -0.580. The van der Waals surface area contributed by atoms with Gasteiger partial charge in [0.1, 0.15) is 0 Å². The molecule has 2 heterocycles. The second-order valence-electron chi connectivity index (χ2n) is 6.49. The lowest BCUT2D eigenvalue weighted by atomic mass is 9.82. The van der Waals surface area contributed by atoms with Crippen LogP contribution in [-0.4, -0.2) is 40.1 Å². The van der Waals surface area contributed by atoms with Crippen LogP contribution in [0.15, 0.2) is 24.3 Å². The fourth-order valence-electron chi connectivity index (χ4n) is 4.37. The first-order valence-electron chi connectivity index (χ1n) is 8.21. The Bertz CT molecular complexity index is 662. The van der Waals surface area contributed by atoms with Crippen LogP contribution in [-0.2, 0) is 6.42 Å². The molecule has 4 rings (SSSR count). The first kappa shape index (κ1) is 15.0. The topological polar surface area (TPSA) is 19.0 Å². The fourth-order valence-corrected chi connectivity index (χ4v) is 5.82. The van der Waals surface area contributed by atoms with Crippen LogP contribution in [0.4, 0.5) is 0 Å². The highest BCUT2D eigenvalue weighted by molar-refractivity contribution is 8.16. The molecule has 22 heavy (non-hydrogen) atoms. The molecule has 1 aromatic heterocycles. The number of hydrogen-bond acceptors (Lipinski definition) is 3. The SMILES string of the molecule is CSC(CN1CC[C@@H]2CCc3[nH]c4ccccc4c3[C@@H]21)SC. The maximum absolute atomic E-state index is 3.69. The molecule has 0 radical (unpaired) electrons. The molecule has 2 aromatic rings. The lowest BCUT2D eigenvalue weighted by Crippen LogP contribution is -2.32. The van der Waals surface area contributed by atoms with E-state index in [1.54, 1.807) is 5.56 Å². The van der Waals surface area contributed by atoms with Gasteiger partial charge in [-0.1, -0.05) is 18.2 Å². The van der Waals surface area contributed by atoms with Crippen molar-refractivity contribution in [3.63, 3.8) is 0 Å². The van der Waals surface area contributed by atoms with E-state index in [1.165, 1.54) is 48.9 Å². The van der Waals surface area contributed by atoms with E-state index in [4.69, 9.17) is 0 Å². The summed E-state index contributed by atoms with van der Waals surface area (Å²) in [6.45, 7) is 2.48. The van der Waals surface area contributed by atoms with E-state index in [2.05, 4.69) is 46.7 Å². The van der Waals surface area contributed by atoms with Crippen molar-refractivity contribution in [2.45, 2.75) is 29.9 Å². The Morgan fingerprint density at radius 3 is 2.86 bits per heavy atom. The lowest BCUT2D eigenvalue weighted by molar-refractivity contribution is 0.224. The van der Waals surface area contributed by atoms with E-state index in [-0.39, 0.29) is 0 Å². The van der Waals surface area contributed by atoms with E-state index < -0.39 is 0 Å². The van der Waals surface area contributed by atoms with Gasteiger partial charge in [0.2, 0.25) is 0 Å². The van der Waals surface area contributed by atoms with Crippen LogP contribution in [0.3, 0.4) is 0 Å². The van der Waals surface area contributed by atoms with E-state index >= 15 is 0 Å². The molecule has 2 aliphatic rings. The summed E-state index contributed by atoms with van der Waals surface area (Å²) < 4.78 is 0.689. The number of nitrogens with one attached hydrogen (secondary N) is 1. The third kappa shape index (κ3) is 2.40. The summed E-state index contributed by atoms with van der Waals surface area (Å²) in [6, 6.07) is 9.51. The van der Waals surface area contributed by atoms with Gasteiger partial charge in [-0.2, -0.15) is 0 Å². The molecule has 2 atom stereocenters. The molecule has 1 aliphatic heterocycles. The van der Waals surface area contributed by atoms with Crippen molar-refractivity contribution in [3.8, 4) is 0 Å². The fraction of sp³-hybridized carbons (Fsp3) is 0.556. The van der Waals surface area contributed by atoms with Crippen LogP contribution in [0, 0.1) is 5.92 Å². The molecular formula is C18H24N2S2. The Labute approximate surface area is 141 Å². The number of hydrogen-bond donors (Lipinski definition) is 1. The van der Waals surface area contributed by atoms with E-state index in [0.29, 0.717) is 10.6 Å². The number of aromatic nitrogens is 1. The van der Waals surface area contributed by atoms with Crippen molar-refractivity contribution < 1.29 is 0 Å². The molecule has 1 saturated heterocycles. The average Bonchev–Trinajstić information content (AvgIpc) is 3.13. The van der Waals surface area contributed by atoms with E-state index in [1.807, 2.05) is 23.5 Å². The summed E-state index contributed by atoms with van der Waals surface area (Å²) in [7, 11) is 0. The largest absolute Gasteiger partial charge is 0.358 e. The summed E-state index contributed by atoms with van der Waals surface area (Å²) in [5.74, 6) is 0.857. The number of para-hydroxylation sites is 1. The van der Waals surface area contributed by atoms with Gasteiger partial charge in [0, 0.05) is 29.2 Å². The van der Waals surface area contributed by atoms with E-state index in [0.717, 1.165) is 5.92 Å². The van der Waals surface area contributed by atoms with Crippen molar-refractivity contribution in [3.05, 3.63) is 35.5 Å². The van der Waals surface area contributed by atoms with E-state index in [9.17, 15) is 0 Å². The highest BCUT2D eigenvalue weighted by Crippen LogP contribution is 2.48. The molecule has 0 amide bonds. The molecule has 1 fully saturated rings. The Morgan fingerprint density at radius 1 is 1.23 bits per heavy atom. The van der Waals surface area contributed by atoms with Gasteiger partial charge in [0.15, 0.2) is 0 Å². The van der Waals surface area contributed by atoms with Crippen LogP contribution in [0.1, 0.15) is 30.1 Å². The monoisotopic (exact) mass is 332 g/mol. The van der Waals surface area contributed by atoms with Crippen molar-refractivity contribution >= 4 is 34.4 Å². The Balaban J connectivity index is 1.73. The van der Waals surface area contributed by atoms with Crippen molar-refractivity contribution in [1.29, 1.82) is 0 Å². The molecule has 1 N–H and O–H groups in total. The van der Waals surface area contributed by atoms with Gasteiger partial charge >= 0.3 is 0 Å². The number of aryl methyl sites for hydroxylation is 1. The maximum Gasteiger partial charge on any atom is 0.0623 e. The molecule has 0 saturated carbocycles. The number of nitrogens with zero attached hydrogens (tertiary/aromatic N) is 1. The van der Waals surface area contributed by atoms with Crippen LogP contribution >= 0.6 is 23.5 Å². The second kappa shape index (κ2) is 6.14. The molecule has 4 heteroatoms. The minimum atomic E-state index is 0.640. The average molecular weight is 333 g/mol. The number of rotatable bonds is 4. The zero-order chi connectivity index (χ0) is 15.1. The minimum Gasteiger partial charge on any atom is -0.358 e. The summed E-state index contributed by atoms with van der Waals surface area (Å²) >= 11 is 3.99. The van der Waals surface area contributed by atoms with Crippen molar-refractivity contribution in [2.24, 2.45) is 5.92 Å². The second-order valence-corrected chi connectivity index (χ2v) is 8.87. The number of likely N-dealkylation sites (tertiary alicyclic amines) is 1. The molecule has 1 aromatic carbocycles. The number of aromatic amines is 1. The van der Waals surface area contributed by atoms with Crippen molar-refractivity contribution in [1.82, 2.24) is 9.88 Å². The number of benzene rings is 1. The minimum absolute atomic E-state index is 0.640. The molecule has 0 spiro atoms. The standard InChI is InChI=1S/C18H24N2S2/c1-21-16(22-2)11-20-10-9-12-7-8-15-17(18(12)20)13-5-3-4-6-14(13)19-15/h3-6,12,16,18-19H,7-11H2,1-2H3/t12-,18+/m0/s1. The summed E-state index contributed by atoms with van der Waals surface area (Å²) in [5.41, 5.74) is 4.44. The smallest absolute Gasteiger partial charge is 0.0623 e. The molecule has 2 nitrogen and oxygen atoms in total. The van der Waals surface area contributed by atoms with Gasteiger partial charge < -0.3 is 4.98 Å². The number of H-pyrrole nitrogens is 1. The van der Waals surface area contributed by atoms with Gasteiger partial charge in [-0.25, -0.2) is 0 Å². The van der Waals surface area contributed by atoms with Gasteiger partial charge in [0.25, 0.3) is 0 Å². The normalized spacial score (nSPS) is 24.9. The summed E-state index contributed by atoms with van der Waals surface area (Å²) in [6.07, 6.45) is 8.44. The zero-order valence-electron chi connectivity index (χ0n) is 13.3. The van der Waals surface area contributed by atoms with Crippen LogP contribution in [0.2, 0.25) is 0 Å². The highest BCUT2D eigenvalue weighted by Gasteiger charge is 2.41.